The van der Waals surface area contributed by atoms with E-state index < -0.39 is 0 Å². The van der Waals surface area contributed by atoms with Gasteiger partial charge in [-0.2, -0.15) is 0 Å². The predicted molar refractivity (Wildman–Crippen MR) is 92.1 cm³/mol. The van der Waals surface area contributed by atoms with Crippen molar-refractivity contribution in [2.45, 2.75) is 33.1 Å². The molecule has 2 fully saturated rings. The molecule has 126 valence electrons. The zero-order valence-electron chi connectivity index (χ0n) is 14.0. The van der Waals surface area contributed by atoms with Gasteiger partial charge in [0.2, 0.25) is 0 Å². The number of urea groups is 1. The molecule has 0 saturated carbocycles. The zero-order chi connectivity index (χ0) is 16.4. The Morgan fingerprint density at radius 1 is 0.870 bits per heavy atom. The largest absolute Gasteiger partial charge is 0.334 e. The lowest BCUT2D eigenvalue weighted by atomic mass is 10.1. The van der Waals surface area contributed by atoms with E-state index >= 15 is 0 Å². The number of carbonyl (C=O) groups excluding carboxylic acids is 2. The van der Waals surface area contributed by atoms with Gasteiger partial charge in [-0.1, -0.05) is 0 Å². The number of piperidine rings is 1. The van der Waals surface area contributed by atoms with Crippen LogP contribution >= 0.6 is 11.3 Å². The topological polar surface area (TPSA) is 43.9 Å². The lowest BCUT2D eigenvalue weighted by molar-refractivity contribution is 0.0637. The molecular weight excluding hydrogens is 310 g/mol. The van der Waals surface area contributed by atoms with Crippen LogP contribution in [0.4, 0.5) is 4.79 Å². The van der Waals surface area contributed by atoms with E-state index in [9.17, 15) is 9.59 Å². The van der Waals surface area contributed by atoms with Crippen molar-refractivity contribution in [3.63, 3.8) is 0 Å². The molecule has 0 aliphatic carbocycles. The van der Waals surface area contributed by atoms with Gasteiger partial charge >= 0.3 is 6.03 Å². The van der Waals surface area contributed by atoms with E-state index in [4.69, 9.17) is 0 Å². The fourth-order valence-electron chi connectivity index (χ4n) is 3.22. The average molecular weight is 335 g/mol. The summed E-state index contributed by atoms with van der Waals surface area (Å²) in [5.74, 6) is 0.108. The maximum absolute atomic E-state index is 12.6. The Morgan fingerprint density at radius 2 is 1.43 bits per heavy atom. The van der Waals surface area contributed by atoms with Crippen LogP contribution in [0.15, 0.2) is 6.07 Å². The van der Waals surface area contributed by atoms with Crippen molar-refractivity contribution in [2.24, 2.45) is 0 Å². The quantitative estimate of drug-likeness (QED) is 0.792. The summed E-state index contributed by atoms with van der Waals surface area (Å²) in [5, 5.41) is 0. The number of aryl methyl sites for hydroxylation is 2. The summed E-state index contributed by atoms with van der Waals surface area (Å²) in [6.07, 6.45) is 3.45. The smallest absolute Gasteiger partial charge is 0.320 e. The summed E-state index contributed by atoms with van der Waals surface area (Å²) in [4.78, 5) is 32.8. The molecule has 0 spiro atoms. The average Bonchev–Trinajstić information content (AvgIpc) is 2.93. The zero-order valence-corrected chi connectivity index (χ0v) is 14.8. The van der Waals surface area contributed by atoms with Crippen LogP contribution in [0.3, 0.4) is 0 Å². The molecule has 3 heterocycles. The highest BCUT2D eigenvalue weighted by Crippen LogP contribution is 2.23. The molecule has 1 aromatic heterocycles. The standard InChI is InChI=1S/C17H25N3O2S/c1-13-12-15(23-14(13)2)16(21)18-8-10-20(11-9-18)17(22)19-6-4-3-5-7-19/h12H,3-11H2,1-2H3. The molecule has 0 bridgehead atoms. The number of likely N-dealkylation sites (tertiary alicyclic amines) is 1. The Labute approximate surface area is 141 Å². The Balaban J connectivity index is 1.55. The van der Waals surface area contributed by atoms with E-state index in [-0.39, 0.29) is 11.9 Å². The third-order valence-corrected chi connectivity index (χ3v) is 5.98. The molecule has 0 aromatic carbocycles. The molecule has 2 saturated heterocycles. The summed E-state index contributed by atoms with van der Waals surface area (Å²) in [6, 6.07) is 2.13. The predicted octanol–water partition coefficient (Wildman–Crippen LogP) is 2.73. The van der Waals surface area contributed by atoms with Crippen molar-refractivity contribution >= 4 is 23.3 Å². The molecule has 6 heteroatoms. The molecule has 3 rings (SSSR count). The molecule has 0 N–H and O–H groups in total. The third-order valence-electron chi connectivity index (χ3n) is 4.84. The summed E-state index contributed by atoms with van der Waals surface area (Å²) in [5.41, 5.74) is 1.18. The van der Waals surface area contributed by atoms with Crippen molar-refractivity contribution in [3.8, 4) is 0 Å². The van der Waals surface area contributed by atoms with Gasteiger partial charge < -0.3 is 14.7 Å². The SMILES string of the molecule is Cc1cc(C(=O)N2CCN(C(=O)N3CCCCC3)CC2)sc1C. The molecule has 0 unspecified atom stereocenters. The molecular formula is C17H25N3O2S. The van der Waals surface area contributed by atoms with Gasteiger partial charge in [0, 0.05) is 44.1 Å². The van der Waals surface area contributed by atoms with Gasteiger partial charge in [0.05, 0.1) is 4.88 Å². The maximum Gasteiger partial charge on any atom is 0.320 e. The van der Waals surface area contributed by atoms with Gasteiger partial charge in [0.25, 0.3) is 5.91 Å². The van der Waals surface area contributed by atoms with Gasteiger partial charge in [-0.05, 0) is 44.7 Å². The monoisotopic (exact) mass is 335 g/mol. The Bertz CT molecular complexity index is 565. The second-order valence-corrected chi connectivity index (χ2v) is 7.72. The molecule has 0 atom stereocenters. The lowest BCUT2D eigenvalue weighted by Crippen LogP contribution is -2.54. The third kappa shape index (κ3) is 3.52. The number of carbonyl (C=O) groups is 2. The minimum Gasteiger partial charge on any atom is -0.334 e. The molecule has 23 heavy (non-hydrogen) atoms. The van der Waals surface area contributed by atoms with Crippen LogP contribution in [-0.4, -0.2) is 65.9 Å². The maximum atomic E-state index is 12.6. The van der Waals surface area contributed by atoms with E-state index in [1.807, 2.05) is 34.6 Å². The highest BCUT2D eigenvalue weighted by molar-refractivity contribution is 7.14. The number of amides is 3. The van der Waals surface area contributed by atoms with Crippen molar-refractivity contribution < 1.29 is 9.59 Å². The van der Waals surface area contributed by atoms with Crippen LogP contribution in [0.25, 0.3) is 0 Å². The molecule has 5 nitrogen and oxygen atoms in total. The van der Waals surface area contributed by atoms with E-state index in [0.29, 0.717) is 26.2 Å². The van der Waals surface area contributed by atoms with Crippen LogP contribution in [0.2, 0.25) is 0 Å². The van der Waals surface area contributed by atoms with E-state index in [2.05, 4.69) is 0 Å². The number of hydrogen-bond acceptors (Lipinski definition) is 3. The molecule has 3 amide bonds. The second kappa shape index (κ2) is 6.91. The summed E-state index contributed by atoms with van der Waals surface area (Å²) < 4.78 is 0. The van der Waals surface area contributed by atoms with Gasteiger partial charge in [0.1, 0.15) is 0 Å². The van der Waals surface area contributed by atoms with Gasteiger partial charge in [-0.3, -0.25) is 4.79 Å². The number of thiophene rings is 1. The lowest BCUT2D eigenvalue weighted by Gasteiger charge is -2.38. The van der Waals surface area contributed by atoms with Crippen molar-refractivity contribution in [2.75, 3.05) is 39.3 Å². The van der Waals surface area contributed by atoms with Crippen LogP contribution < -0.4 is 0 Å². The van der Waals surface area contributed by atoms with Gasteiger partial charge in [-0.15, -0.1) is 11.3 Å². The first kappa shape index (κ1) is 16.3. The summed E-state index contributed by atoms with van der Waals surface area (Å²) >= 11 is 1.57. The fourth-order valence-corrected chi connectivity index (χ4v) is 4.22. The Kier molecular flexibility index (Phi) is 4.90. The Morgan fingerprint density at radius 3 is 2.00 bits per heavy atom. The highest BCUT2D eigenvalue weighted by atomic mass is 32.1. The van der Waals surface area contributed by atoms with Crippen LogP contribution in [0, 0.1) is 13.8 Å². The Hall–Kier alpha value is -1.56. The van der Waals surface area contributed by atoms with Crippen LogP contribution in [0.1, 0.15) is 39.4 Å². The second-order valence-electron chi connectivity index (χ2n) is 6.46. The minimum atomic E-state index is 0.108. The first-order chi connectivity index (χ1) is 11.1. The van der Waals surface area contributed by atoms with Gasteiger partial charge in [-0.25, -0.2) is 4.79 Å². The van der Waals surface area contributed by atoms with Crippen molar-refractivity contribution in [1.82, 2.24) is 14.7 Å². The van der Waals surface area contributed by atoms with E-state index in [0.717, 1.165) is 30.8 Å². The summed E-state index contributed by atoms with van der Waals surface area (Å²) in [6.45, 7) is 8.40. The van der Waals surface area contributed by atoms with Crippen LogP contribution in [-0.2, 0) is 0 Å². The number of piperazine rings is 1. The first-order valence-electron chi connectivity index (χ1n) is 8.46. The molecule has 2 aliphatic rings. The first-order valence-corrected chi connectivity index (χ1v) is 9.28. The van der Waals surface area contributed by atoms with E-state index in [1.165, 1.54) is 16.9 Å². The minimum absolute atomic E-state index is 0.108. The number of rotatable bonds is 1. The molecule has 0 radical (unpaired) electrons. The van der Waals surface area contributed by atoms with Crippen molar-refractivity contribution in [3.05, 3.63) is 21.4 Å². The highest BCUT2D eigenvalue weighted by Gasteiger charge is 2.28. The summed E-state index contributed by atoms with van der Waals surface area (Å²) in [7, 11) is 0. The fraction of sp³-hybridized carbons (Fsp3) is 0.647. The van der Waals surface area contributed by atoms with E-state index in [1.54, 1.807) is 11.3 Å². The van der Waals surface area contributed by atoms with Crippen LogP contribution in [0.5, 0.6) is 0 Å². The molecule has 2 aliphatic heterocycles. The van der Waals surface area contributed by atoms with Crippen molar-refractivity contribution in [1.29, 1.82) is 0 Å². The van der Waals surface area contributed by atoms with Gasteiger partial charge in [0.15, 0.2) is 0 Å². The molecule has 1 aromatic rings. The number of nitrogens with zero attached hydrogens (tertiary/aromatic N) is 3. The number of hydrogen-bond donors (Lipinski definition) is 0. The normalized spacial score (nSPS) is 19.1.